The maximum atomic E-state index is 9.60. The van der Waals surface area contributed by atoms with E-state index in [0.717, 1.165) is 44.0 Å². The van der Waals surface area contributed by atoms with Gasteiger partial charge in [0.2, 0.25) is 0 Å². The van der Waals surface area contributed by atoms with E-state index in [1.807, 2.05) is 6.07 Å². The van der Waals surface area contributed by atoms with E-state index < -0.39 is 0 Å². The topological polar surface area (TPSA) is 59.8 Å². The molecule has 0 spiro atoms. The number of phenolic OH excluding ortho intramolecular Hbond substituents is 1. The highest BCUT2D eigenvalue weighted by atomic mass is 35.5. The van der Waals surface area contributed by atoms with Crippen molar-refractivity contribution >= 4 is 30.6 Å². The molecule has 1 saturated heterocycles. The van der Waals surface area contributed by atoms with Crippen LogP contribution in [0.4, 0.5) is 0 Å². The summed E-state index contributed by atoms with van der Waals surface area (Å²) in [6, 6.07) is 13.1. The lowest BCUT2D eigenvalue weighted by Gasteiger charge is -2.36. The summed E-state index contributed by atoms with van der Waals surface area (Å²) in [5, 5.41) is 18.0. The number of aromatic hydroxyl groups is 1. The van der Waals surface area contributed by atoms with Gasteiger partial charge in [0.1, 0.15) is 23.9 Å². The van der Waals surface area contributed by atoms with Gasteiger partial charge >= 0.3 is 0 Å². The van der Waals surface area contributed by atoms with Gasteiger partial charge in [0.05, 0.1) is 0 Å². The average Bonchev–Trinajstić information content (AvgIpc) is 2.64. The van der Waals surface area contributed by atoms with Gasteiger partial charge in [-0.1, -0.05) is 30.3 Å². The predicted octanol–water partition coefficient (Wildman–Crippen LogP) is 3.87. The summed E-state index contributed by atoms with van der Waals surface area (Å²) in [5.41, 5.74) is 3.11. The second-order valence-electron chi connectivity index (χ2n) is 6.80. The van der Waals surface area contributed by atoms with Crippen LogP contribution in [0.2, 0.25) is 0 Å². The molecule has 1 fully saturated rings. The van der Waals surface area contributed by atoms with Gasteiger partial charge in [-0.3, -0.25) is 10.3 Å². The van der Waals surface area contributed by atoms with Crippen molar-refractivity contribution in [3.63, 3.8) is 0 Å². The van der Waals surface area contributed by atoms with E-state index in [2.05, 4.69) is 41.8 Å². The minimum atomic E-state index is 0. The summed E-state index contributed by atoms with van der Waals surface area (Å²) in [6.45, 7) is 9.18. The Hall–Kier alpha value is -1.95. The molecule has 1 aliphatic rings. The van der Waals surface area contributed by atoms with Gasteiger partial charge in [0.25, 0.3) is 0 Å². The van der Waals surface area contributed by atoms with Crippen molar-refractivity contribution in [1.82, 2.24) is 9.80 Å². The van der Waals surface area contributed by atoms with Gasteiger partial charge < -0.3 is 14.7 Å². The van der Waals surface area contributed by atoms with Crippen LogP contribution in [0.3, 0.4) is 0 Å². The Bertz CT molecular complexity index is 758. The van der Waals surface area contributed by atoms with Crippen LogP contribution in [0.15, 0.2) is 42.5 Å². The zero-order valence-corrected chi connectivity index (χ0v) is 18.0. The van der Waals surface area contributed by atoms with E-state index in [4.69, 9.17) is 10.1 Å². The molecule has 0 saturated carbocycles. The fourth-order valence-corrected chi connectivity index (χ4v) is 3.33. The van der Waals surface area contributed by atoms with Crippen LogP contribution in [0.5, 0.6) is 11.5 Å². The van der Waals surface area contributed by atoms with Crippen LogP contribution in [-0.2, 0) is 0 Å². The Balaban J connectivity index is 0.00000196. The molecule has 1 aliphatic heterocycles. The first-order valence-corrected chi connectivity index (χ1v) is 9.09. The van der Waals surface area contributed by atoms with E-state index in [0.29, 0.717) is 12.4 Å². The molecule has 5 nitrogen and oxygen atoms in total. The molecule has 0 amide bonds. The van der Waals surface area contributed by atoms with Gasteiger partial charge in [-0.15, -0.1) is 24.8 Å². The fraction of sp³-hybridized carbons (Fsp3) is 0.381. The second-order valence-corrected chi connectivity index (χ2v) is 6.80. The number of piperazine rings is 1. The Morgan fingerprint density at radius 3 is 2.21 bits per heavy atom. The number of aryl methyl sites for hydroxylation is 2. The van der Waals surface area contributed by atoms with Crippen molar-refractivity contribution in [3.8, 4) is 11.5 Å². The Morgan fingerprint density at radius 2 is 1.61 bits per heavy atom. The molecule has 0 aromatic heterocycles. The van der Waals surface area contributed by atoms with Gasteiger partial charge in [0.15, 0.2) is 0 Å². The molecule has 28 heavy (non-hydrogen) atoms. The summed E-state index contributed by atoms with van der Waals surface area (Å²) in [6.07, 6.45) is 0. The molecule has 7 heteroatoms. The summed E-state index contributed by atoms with van der Waals surface area (Å²) in [7, 11) is 0. The number of halogens is 2. The molecule has 2 N–H and O–H groups in total. The lowest BCUT2D eigenvalue weighted by molar-refractivity contribution is 0.153. The Morgan fingerprint density at radius 1 is 1.00 bits per heavy atom. The second kappa shape index (κ2) is 11.1. The van der Waals surface area contributed by atoms with Crippen molar-refractivity contribution in [2.75, 3.05) is 39.3 Å². The van der Waals surface area contributed by atoms with Gasteiger partial charge in [0, 0.05) is 38.3 Å². The van der Waals surface area contributed by atoms with Crippen LogP contribution in [0.25, 0.3) is 0 Å². The average molecular weight is 426 g/mol. The first-order valence-electron chi connectivity index (χ1n) is 9.09. The number of rotatable bonds is 5. The molecule has 0 bridgehead atoms. The molecule has 0 atom stereocenters. The molecule has 3 rings (SSSR count). The van der Waals surface area contributed by atoms with E-state index in [-0.39, 0.29) is 30.6 Å². The number of benzene rings is 2. The van der Waals surface area contributed by atoms with E-state index in [1.165, 1.54) is 11.1 Å². The standard InChI is InChI=1S/C21H27N3O2.2ClH/c1-16-5-3-6-17(2)20(16)26-14-13-23-9-11-24(12-10-23)21(22)18-7-4-8-19(25)15-18;;/h3-8,15,22,25H,9-14H2,1-2H3;2*1H. The van der Waals surface area contributed by atoms with Crippen LogP contribution < -0.4 is 4.74 Å². The quantitative estimate of drug-likeness (QED) is 0.563. The number of hydrogen-bond donors (Lipinski definition) is 2. The van der Waals surface area contributed by atoms with Crippen molar-refractivity contribution < 1.29 is 9.84 Å². The zero-order chi connectivity index (χ0) is 18.5. The van der Waals surface area contributed by atoms with Gasteiger partial charge in [-0.05, 0) is 37.1 Å². The normalized spacial score (nSPS) is 14.0. The van der Waals surface area contributed by atoms with E-state index in [9.17, 15) is 5.11 Å². The van der Waals surface area contributed by atoms with Crippen molar-refractivity contribution in [3.05, 3.63) is 59.2 Å². The smallest absolute Gasteiger partial charge is 0.128 e. The Kier molecular flexibility index (Phi) is 9.59. The van der Waals surface area contributed by atoms with Gasteiger partial charge in [-0.2, -0.15) is 0 Å². The van der Waals surface area contributed by atoms with Crippen molar-refractivity contribution in [2.24, 2.45) is 0 Å². The molecule has 2 aromatic carbocycles. The highest BCUT2D eigenvalue weighted by molar-refractivity contribution is 5.96. The molecule has 1 heterocycles. The summed E-state index contributed by atoms with van der Waals surface area (Å²) in [5.74, 6) is 1.68. The zero-order valence-electron chi connectivity index (χ0n) is 16.4. The minimum Gasteiger partial charge on any atom is -0.508 e. The molecule has 0 unspecified atom stereocenters. The summed E-state index contributed by atoms with van der Waals surface area (Å²) < 4.78 is 6.00. The van der Waals surface area contributed by atoms with Crippen LogP contribution >= 0.6 is 24.8 Å². The first kappa shape index (κ1) is 24.1. The number of hydrogen-bond acceptors (Lipinski definition) is 4. The summed E-state index contributed by atoms with van der Waals surface area (Å²) in [4.78, 5) is 4.44. The molecular formula is C21H29Cl2N3O2. The fourth-order valence-electron chi connectivity index (χ4n) is 3.33. The van der Waals surface area contributed by atoms with Crippen LogP contribution in [0, 0.1) is 19.3 Å². The highest BCUT2D eigenvalue weighted by Gasteiger charge is 2.20. The Labute approximate surface area is 179 Å². The maximum absolute atomic E-state index is 9.60. The summed E-state index contributed by atoms with van der Waals surface area (Å²) >= 11 is 0. The van der Waals surface area contributed by atoms with Gasteiger partial charge in [-0.25, -0.2) is 0 Å². The van der Waals surface area contributed by atoms with Crippen LogP contribution in [-0.4, -0.2) is 60.1 Å². The monoisotopic (exact) mass is 425 g/mol. The van der Waals surface area contributed by atoms with E-state index in [1.54, 1.807) is 18.2 Å². The number of para-hydroxylation sites is 1. The molecular weight excluding hydrogens is 397 g/mol. The number of nitrogens with zero attached hydrogens (tertiary/aromatic N) is 2. The molecule has 2 aromatic rings. The molecule has 0 aliphatic carbocycles. The third-order valence-corrected chi connectivity index (χ3v) is 4.87. The van der Waals surface area contributed by atoms with Crippen molar-refractivity contribution in [1.29, 1.82) is 5.41 Å². The predicted molar refractivity (Wildman–Crippen MR) is 119 cm³/mol. The maximum Gasteiger partial charge on any atom is 0.128 e. The lowest BCUT2D eigenvalue weighted by atomic mass is 10.1. The third kappa shape index (κ3) is 6.03. The lowest BCUT2D eigenvalue weighted by Crippen LogP contribution is -2.49. The van der Waals surface area contributed by atoms with E-state index >= 15 is 0 Å². The van der Waals surface area contributed by atoms with Crippen LogP contribution in [0.1, 0.15) is 16.7 Å². The number of ether oxygens (including phenoxy) is 1. The largest absolute Gasteiger partial charge is 0.508 e. The SMILES string of the molecule is Cc1cccc(C)c1OCCN1CCN(C(=N)c2cccc(O)c2)CC1.Cl.Cl. The highest BCUT2D eigenvalue weighted by Crippen LogP contribution is 2.22. The number of phenols is 1. The minimum absolute atomic E-state index is 0. The number of amidine groups is 1. The first-order chi connectivity index (χ1) is 12.5. The third-order valence-electron chi connectivity index (χ3n) is 4.87. The number of nitrogens with one attached hydrogen (secondary N) is 1. The molecule has 154 valence electrons. The van der Waals surface area contributed by atoms with Crippen molar-refractivity contribution in [2.45, 2.75) is 13.8 Å². The molecule has 0 radical (unpaired) electrons.